The summed E-state index contributed by atoms with van der Waals surface area (Å²) in [6.07, 6.45) is 0. The van der Waals surface area contributed by atoms with Crippen molar-refractivity contribution in [1.82, 2.24) is 4.98 Å². The second kappa shape index (κ2) is 3.36. The van der Waals surface area contributed by atoms with Crippen molar-refractivity contribution in [1.29, 1.82) is 0 Å². The summed E-state index contributed by atoms with van der Waals surface area (Å²) < 4.78 is 2.32. The minimum absolute atomic E-state index is 0.524. The first kappa shape index (κ1) is 9.12. The summed E-state index contributed by atoms with van der Waals surface area (Å²) in [5.74, 6) is 0. The fourth-order valence-electron chi connectivity index (χ4n) is 1.19. The maximum atomic E-state index is 5.53. The quantitative estimate of drug-likeness (QED) is 0.853. The van der Waals surface area contributed by atoms with E-state index in [2.05, 4.69) is 40.0 Å². The predicted molar refractivity (Wildman–Crippen MR) is 59.9 cm³/mol. The molecule has 2 N–H and O–H groups in total. The minimum atomic E-state index is 0.524. The van der Waals surface area contributed by atoms with Gasteiger partial charge in [-0.05, 0) is 24.6 Å². The molecule has 68 valence electrons. The Morgan fingerprint density at radius 2 is 2.31 bits per heavy atom. The van der Waals surface area contributed by atoms with Gasteiger partial charge in [-0.3, -0.25) is 0 Å². The summed E-state index contributed by atoms with van der Waals surface area (Å²) in [6.45, 7) is 2.58. The molecule has 2 aromatic rings. The van der Waals surface area contributed by atoms with E-state index in [-0.39, 0.29) is 0 Å². The normalized spacial score (nSPS) is 11.0. The van der Waals surface area contributed by atoms with Crippen LogP contribution in [0.5, 0.6) is 0 Å². The summed E-state index contributed by atoms with van der Waals surface area (Å²) in [7, 11) is 0. The zero-order valence-electron chi connectivity index (χ0n) is 7.17. The third kappa shape index (κ3) is 1.61. The zero-order valence-corrected chi connectivity index (χ0v) is 9.58. The van der Waals surface area contributed by atoms with Crippen molar-refractivity contribution in [2.45, 2.75) is 13.5 Å². The maximum absolute atomic E-state index is 5.53. The fraction of sp³-hybridized carbons (Fsp3) is 0.222. The molecule has 2 rings (SSSR count). The van der Waals surface area contributed by atoms with Crippen LogP contribution in [0.15, 0.2) is 16.6 Å². The van der Waals surface area contributed by atoms with E-state index in [1.165, 1.54) is 10.3 Å². The number of nitrogens with two attached hydrogens (primary N) is 1. The molecule has 0 radical (unpaired) electrons. The van der Waals surface area contributed by atoms with E-state index in [0.717, 1.165) is 15.0 Å². The first-order valence-electron chi connectivity index (χ1n) is 3.96. The smallest absolute Gasteiger partial charge is 0.107 e. The number of nitrogens with zero attached hydrogens (tertiary/aromatic N) is 1. The molecule has 0 unspecified atom stereocenters. The van der Waals surface area contributed by atoms with Crippen LogP contribution >= 0.6 is 27.3 Å². The van der Waals surface area contributed by atoms with Gasteiger partial charge in [-0.1, -0.05) is 15.9 Å². The molecule has 0 fully saturated rings. The van der Waals surface area contributed by atoms with Crippen LogP contribution in [-0.4, -0.2) is 4.98 Å². The highest BCUT2D eigenvalue weighted by Gasteiger charge is 2.04. The number of halogens is 1. The molecule has 2 nitrogen and oxygen atoms in total. The van der Waals surface area contributed by atoms with Crippen molar-refractivity contribution < 1.29 is 0 Å². The van der Waals surface area contributed by atoms with Crippen LogP contribution in [-0.2, 0) is 6.54 Å². The Bertz CT molecular complexity index is 411. The topological polar surface area (TPSA) is 38.9 Å². The minimum Gasteiger partial charge on any atom is -0.325 e. The van der Waals surface area contributed by atoms with Gasteiger partial charge in [-0.2, -0.15) is 0 Å². The molecule has 0 aliphatic carbocycles. The van der Waals surface area contributed by atoms with Gasteiger partial charge in [0.05, 0.1) is 10.2 Å². The lowest BCUT2D eigenvalue weighted by Crippen LogP contribution is -1.93. The van der Waals surface area contributed by atoms with Gasteiger partial charge in [0, 0.05) is 11.0 Å². The lowest BCUT2D eigenvalue weighted by molar-refractivity contribution is 1.05. The van der Waals surface area contributed by atoms with Crippen LogP contribution in [0.4, 0.5) is 0 Å². The molecule has 0 saturated carbocycles. The Kier molecular flexibility index (Phi) is 2.36. The molecule has 0 aliphatic heterocycles. The highest BCUT2D eigenvalue weighted by molar-refractivity contribution is 9.10. The molecule has 13 heavy (non-hydrogen) atoms. The van der Waals surface area contributed by atoms with Crippen LogP contribution in [0.3, 0.4) is 0 Å². The highest BCUT2D eigenvalue weighted by Crippen LogP contribution is 2.27. The van der Waals surface area contributed by atoms with E-state index in [4.69, 9.17) is 5.73 Å². The zero-order chi connectivity index (χ0) is 9.42. The molecule has 1 heterocycles. The number of hydrogen-bond donors (Lipinski definition) is 1. The molecule has 1 aromatic heterocycles. The summed E-state index contributed by atoms with van der Waals surface area (Å²) in [6, 6.07) is 4.18. The molecule has 4 heteroatoms. The summed E-state index contributed by atoms with van der Waals surface area (Å²) in [5.41, 5.74) is 7.78. The van der Waals surface area contributed by atoms with Gasteiger partial charge < -0.3 is 5.73 Å². The number of hydrogen-bond acceptors (Lipinski definition) is 3. The fourth-order valence-corrected chi connectivity index (χ4v) is 2.55. The summed E-state index contributed by atoms with van der Waals surface area (Å²) >= 11 is 5.15. The number of benzene rings is 1. The molecule has 0 amide bonds. The van der Waals surface area contributed by atoms with Crippen LogP contribution in [0.25, 0.3) is 10.2 Å². The largest absolute Gasteiger partial charge is 0.325 e. The second-order valence-corrected chi connectivity index (χ2v) is 4.85. The summed E-state index contributed by atoms with van der Waals surface area (Å²) in [4.78, 5) is 4.41. The van der Waals surface area contributed by atoms with Gasteiger partial charge in [0.2, 0.25) is 0 Å². The van der Waals surface area contributed by atoms with Gasteiger partial charge in [0.1, 0.15) is 5.01 Å². The van der Waals surface area contributed by atoms with Crippen molar-refractivity contribution >= 4 is 37.5 Å². The molecule has 0 bridgehead atoms. The van der Waals surface area contributed by atoms with Crippen LogP contribution in [0, 0.1) is 6.92 Å². The monoisotopic (exact) mass is 256 g/mol. The molecule has 1 aromatic carbocycles. The molecular formula is C9H9BrN2S. The van der Waals surface area contributed by atoms with E-state index in [1.54, 1.807) is 11.3 Å². The average Bonchev–Trinajstić information content (AvgIpc) is 2.48. The first-order chi connectivity index (χ1) is 6.20. The lowest BCUT2D eigenvalue weighted by Gasteiger charge is -1.95. The molecule has 0 aliphatic rings. The second-order valence-electron chi connectivity index (χ2n) is 2.88. The molecule has 0 saturated heterocycles. The van der Waals surface area contributed by atoms with E-state index < -0.39 is 0 Å². The lowest BCUT2D eigenvalue weighted by atomic mass is 10.2. The third-order valence-electron chi connectivity index (χ3n) is 1.89. The predicted octanol–water partition coefficient (Wildman–Crippen LogP) is 2.83. The highest BCUT2D eigenvalue weighted by atomic mass is 79.9. The van der Waals surface area contributed by atoms with Crippen LogP contribution in [0.1, 0.15) is 10.6 Å². The van der Waals surface area contributed by atoms with Gasteiger partial charge in [-0.25, -0.2) is 4.98 Å². The number of fused-ring (bicyclic) bond motifs is 1. The Balaban J connectivity index is 2.70. The number of aryl methyl sites for hydroxylation is 1. The van der Waals surface area contributed by atoms with E-state index in [1.807, 2.05) is 0 Å². The van der Waals surface area contributed by atoms with E-state index in [9.17, 15) is 0 Å². The van der Waals surface area contributed by atoms with E-state index >= 15 is 0 Å². The van der Waals surface area contributed by atoms with Crippen molar-refractivity contribution in [3.63, 3.8) is 0 Å². The Hall–Kier alpha value is -0.450. The van der Waals surface area contributed by atoms with Crippen molar-refractivity contribution in [2.24, 2.45) is 5.73 Å². The van der Waals surface area contributed by atoms with Gasteiger partial charge in [-0.15, -0.1) is 11.3 Å². The van der Waals surface area contributed by atoms with Crippen molar-refractivity contribution in [3.8, 4) is 0 Å². The third-order valence-corrected chi connectivity index (χ3v) is 3.78. The first-order valence-corrected chi connectivity index (χ1v) is 5.57. The van der Waals surface area contributed by atoms with Gasteiger partial charge >= 0.3 is 0 Å². The molecule has 0 spiro atoms. The Morgan fingerprint density at radius 1 is 1.54 bits per heavy atom. The number of aromatic nitrogens is 1. The van der Waals surface area contributed by atoms with Crippen LogP contribution in [0.2, 0.25) is 0 Å². The average molecular weight is 257 g/mol. The number of rotatable bonds is 1. The Labute approximate surface area is 88.9 Å². The van der Waals surface area contributed by atoms with Crippen molar-refractivity contribution in [2.75, 3.05) is 0 Å². The van der Waals surface area contributed by atoms with Gasteiger partial charge in [0.15, 0.2) is 0 Å². The summed E-state index contributed by atoms with van der Waals surface area (Å²) in [5, 5.41) is 0.993. The van der Waals surface area contributed by atoms with Gasteiger partial charge in [0.25, 0.3) is 0 Å². The molecular weight excluding hydrogens is 248 g/mol. The SMILES string of the molecule is Cc1cc2nc(CN)sc2cc1Br. The molecule has 0 atom stereocenters. The van der Waals surface area contributed by atoms with Crippen LogP contribution < -0.4 is 5.73 Å². The van der Waals surface area contributed by atoms with Crippen molar-refractivity contribution in [3.05, 3.63) is 27.2 Å². The number of thiazole rings is 1. The standard InChI is InChI=1S/C9H9BrN2S/c1-5-2-7-8(3-6(5)10)13-9(4-11)12-7/h2-3H,4,11H2,1H3. The maximum Gasteiger partial charge on any atom is 0.107 e. The Morgan fingerprint density at radius 3 is 3.00 bits per heavy atom. The van der Waals surface area contributed by atoms with E-state index in [0.29, 0.717) is 6.54 Å².